The van der Waals surface area contributed by atoms with E-state index >= 15 is 0 Å². The van der Waals surface area contributed by atoms with Gasteiger partial charge in [-0.15, -0.1) is 0 Å². The van der Waals surface area contributed by atoms with Gasteiger partial charge in [-0.1, -0.05) is 101 Å². The number of hydrogen-bond acceptors (Lipinski definition) is 1. The third-order valence-corrected chi connectivity index (χ3v) is 4.93. The number of rotatable bonds is 16. The van der Waals surface area contributed by atoms with Gasteiger partial charge >= 0.3 is 0 Å². The highest BCUT2D eigenvalue weighted by Gasteiger charge is 2.04. The van der Waals surface area contributed by atoms with Crippen LogP contribution in [0, 0.1) is 0 Å². The average molecular weight is 334 g/mol. The molecule has 1 aromatic rings. The van der Waals surface area contributed by atoms with Gasteiger partial charge in [-0.2, -0.15) is 5.01 Å². The van der Waals surface area contributed by atoms with Crippen LogP contribution in [0.15, 0.2) is 30.6 Å². The Morgan fingerprint density at radius 1 is 0.583 bits per heavy atom. The Kier molecular flexibility index (Phi) is 13.5. The molecule has 0 bridgehead atoms. The summed E-state index contributed by atoms with van der Waals surface area (Å²) in [5, 5.41) is 2.29. The van der Waals surface area contributed by atoms with Gasteiger partial charge in [-0.3, -0.25) is 0 Å². The molecular weight excluding hydrogens is 292 g/mol. The lowest BCUT2D eigenvalue weighted by atomic mass is 10.0. The molecule has 1 rings (SSSR count). The molecule has 0 spiro atoms. The molecule has 2 heteroatoms. The molecule has 0 atom stereocenters. The van der Waals surface area contributed by atoms with Crippen molar-refractivity contribution < 1.29 is 4.68 Å². The van der Waals surface area contributed by atoms with Gasteiger partial charge in [0.1, 0.15) is 0 Å². The first-order chi connectivity index (χ1) is 11.8. The van der Waals surface area contributed by atoms with Crippen LogP contribution in [0.25, 0.3) is 0 Å². The van der Waals surface area contributed by atoms with E-state index < -0.39 is 0 Å². The van der Waals surface area contributed by atoms with E-state index in [4.69, 9.17) is 0 Å². The van der Waals surface area contributed by atoms with E-state index in [0.29, 0.717) is 0 Å². The van der Waals surface area contributed by atoms with Crippen LogP contribution in [0.1, 0.15) is 96.8 Å². The van der Waals surface area contributed by atoms with Crippen LogP contribution in [-0.4, -0.2) is 13.6 Å². The van der Waals surface area contributed by atoms with Crippen molar-refractivity contribution >= 4 is 0 Å². The fourth-order valence-corrected chi connectivity index (χ4v) is 3.27. The van der Waals surface area contributed by atoms with E-state index in [1.807, 2.05) is 0 Å². The Morgan fingerprint density at radius 3 is 1.46 bits per heavy atom. The molecule has 0 aliphatic rings. The van der Waals surface area contributed by atoms with Crippen molar-refractivity contribution in [2.24, 2.45) is 0 Å². The molecule has 0 unspecified atom stereocenters. The molecule has 1 heterocycles. The molecule has 24 heavy (non-hydrogen) atoms. The van der Waals surface area contributed by atoms with Gasteiger partial charge in [0.25, 0.3) is 0 Å². The zero-order chi connectivity index (χ0) is 17.3. The smallest absolute Gasteiger partial charge is 0.184 e. The number of hydrogen-bond donors (Lipinski definition) is 0. The number of nitrogens with zero attached hydrogens (tertiary/aromatic N) is 2. The minimum Gasteiger partial charge on any atom is -0.184 e. The fraction of sp³-hybridized carbons (Fsp3) is 0.773. The zero-order valence-corrected chi connectivity index (χ0v) is 16.4. The van der Waals surface area contributed by atoms with Crippen molar-refractivity contribution in [3.05, 3.63) is 30.6 Å². The van der Waals surface area contributed by atoms with Crippen LogP contribution >= 0.6 is 0 Å². The summed E-state index contributed by atoms with van der Waals surface area (Å²) in [6, 6.07) is 6.24. The van der Waals surface area contributed by atoms with Gasteiger partial charge in [-0.25, -0.2) is 0 Å². The number of pyridine rings is 1. The Bertz CT molecular complexity index is 363. The summed E-state index contributed by atoms with van der Waals surface area (Å²) in [5.41, 5.74) is 0. The molecule has 0 N–H and O–H groups in total. The molecule has 138 valence electrons. The van der Waals surface area contributed by atoms with Crippen LogP contribution in [0.2, 0.25) is 0 Å². The lowest BCUT2D eigenvalue weighted by molar-refractivity contribution is -0.690. The zero-order valence-electron chi connectivity index (χ0n) is 16.4. The molecule has 0 fully saturated rings. The number of unbranched alkanes of at least 4 members (excludes halogenated alkanes) is 13. The largest absolute Gasteiger partial charge is 0.199 e. The first kappa shape index (κ1) is 21.0. The van der Waals surface area contributed by atoms with Crippen molar-refractivity contribution in [3.8, 4) is 0 Å². The second-order valence-electron chi connectivity index (χ2n) is 7.23. The van der Waals surface area contributed by atoms with E-state index in [0.717, 1.165) is 6.54 Å². The summed E-state index contributed by atoms with van der Waals surface area (Å²) in [4.78, 5) is 0. The third kappa shape index (κ3) is 11.5. The standard InChI is InChI=1S/C22H41N2/c1-3-4-5-6-7-8-9-10-11-12-13-14-15-17-20-23(2)24-21-18-16-19-22-24/h16,18-19,21-22H,3-15,17,20H2,1-2H3/q+1. The Morgan fingerprint density at radius 2 is 1.00 bits per heavy atom. The second-order valence-corrected chi connectivity index (χ2v) is 7.23. The van der Waals surface area contributed by atoms with Crippen LogP contribution < -0.4 is 9.69 Å². The molecule has 0 aliphatic heterocycles. The summed E-state index contributed by atoms with van der Waals surface area (Å²) in [7, 11) is 2.17. The minimum atomic E-state index is 1.15. The predicted molar refractivity (Wildman–Crippen MR) is 106 cm³/mol. The highest BCUT2D eigenvalue weighted by Crippen LogP contribution is 2.12. The van der Waals surface area contributed by atoms with E-state index in [2.05, 4.69) is 54.2 Å². The van der Waals surface area contributed by atoms with Crippen molar-refractivity contribution in [1.29, 1.82) is 0 Å². The molecule has 0 aliphatic carbocycles. The normalized spacial score (nSPS) is 10.9. The van der Waals surface area contributed by atoms with Gasteiger partial charge in [0.15, 0.2) is 12.4 Å². The van der Waals surface area contributed by atoms with Gasteiger partial charge in [0, 0.05) is 12.1 Å². The highest BCUT2D eigenvalue weighted by molar-refractivity contribution is 4.84. The molecule has 0 saturated heterocycles. The van der Waals surface area contributed by atoms with Crippen LogP contribution in [0.4, 0.5) is 0 Å². The average Bonchev–Trinajstić information content (AvgIpc) is 2.62. The lowest BCUT2D eigenvalue weighted by Gasteiger charge is -2.11. The van der Waals surface area contributed by atoms with Gasteiger partial charge < -0.3 is 0 Å². The van der Waals surface area contributed by atoms with Gasteiger partial charge in [0.05, 0.1) is 13.6 Å². The molecular formula is C22H41N2+. The van der Waals surface area contributed by atoms with Crippen LogP contribution in [-0.2, 0) is 0 Å². The SMILES string of the molecule is CCCCCCCCCCCCCCCCN(C)[n+]1ccccc1. The Labute approximate surface area is 151 Å². The molecule has 1 aromatic heterocycles. The number of aromatic nitrogens is 1. The van der Waals surface area contributed by atoms with Crippen molar-refractivity contribution in [2.75, 3.05) is 18.6 Å². The summed E-state index contributed by atoms with van der Waals surface area (Å²) in [5.74, 6) is 0. The Hall–Kier alpha value is -1.05. The van der Waals surface area contributed by atoms with E-state index in [-0.39, 0.29) is 0 Å². The summed E-state index contributed by atoms with van der Waals surface area (Å²) < 4.78 is 2.17. The summed E-state index contributed by atoms with van der Waals surface area (Å²) in [6.07, 6.45) is 24.2. The van der Waals surface area contributed by atoms with Crippen molar-refractivity contribution in [3.63, 3.8) is 0 Å². The topological polar surface area (TPSA) is 7.12 Å². The first-order valence-electron chi connectivity index (χ1n) is 10.5. The van der Waals surface area contributed by atoms with Gasteiger partial charge in [0.2, 0.25) is 0 Å². The summed E-state index contributed by atoms with van der Waals surface area (Å²) in [6.45, 7) is 3.44. The lowest BCUT2D eigenvalue weighted by Crippen LogP contribution is -2.55. The third-order valence-electron chi connectivity index (χ3n) is 4.93. The molecule has 2 nitrogen and oxygen atoms in total. The maximum atomic E-state index is 2.29. The van der Waals surface area contributed by atoms with Gasteiger partial charge in [-0.05, 0) is 6.42 Å². The Balaban J connectivity index is 1.79. The van der Waals surface area contributed by atoms with E-state index in [1.54, 1.807) is 0 Å². The molecule has 0 saturated carbocycles. The summed E-state index contributed by atoms with van der Waals surface area (Å²) >= 11 is 0. The quantitative estimate of drug-likeness (QED) is 0.265. The second kappa shape index (κ2) is 15.5. The maximum absolute atomic E-state index is 2.29. The van der Waals surface area contributed by atoms with E-state index in [1.165, 1.54) is 89.9 Å². The van der Waals surface area contributed by atoms with Crippen molar-refractivity contribution in [1.82, 2.24) is 0 Å². The maximum Gasteiger partial charge on any atom is 0.199 e. The highest BCUT2D eigenvalue weighted by atomic mass is 15.5. The van der Waals surface area contributed by atoms with Crippen molar-refractivity contribution in [2.45, 2.75) is 96.8 Å². The molecule has 0 aromatic carbocycles. The van der Waals surface area contributed by atoms with Crippen LogP contribution in [0.5, 0.6) is 0 Å². The molecule has 0 radical (unpaired) electrons. The monoisotopic (exact) mass is 333 g/mol. The molecule has 0 amide bonds. The van der Waals surface area contributed by atoms with E-state index in [9.17, 15) is 0 Å². The fourth-order valence-electron chi connectivity index (χ4n) is 3.27. The predicted octanol–water partition coefficient (Wildman–Crippen LogP) is 6.02. The first-order valence-corrected chi connectivity index (χ1v) is 10.5. The minimum absolute atomic E-state index is 1.15. The van der Waals surface area contributed by atoms with Crippen LogP contribution in [0.3, 0.4) is 0 Å².